The van der Waals surface area contributed by atoms with E-state index in [9.17, 15) is 19.1 Å². The molecule has 1 atom stereocenters. The fraction of sp³-hybridized carbons (Fsp3) is 0.467. The second kappa shape index (κ2) is 11.9. The molecule has 2 aliphatic heterocycles. The molecule has 1 N–H and O–H groups in total. The van der Waals surface area contributed by atoms with Gasteiger partial charge in [-0.1, -0.05) is 17.4 Å². The van der Waals surface area contributed by atoms with Crippen LogP contribution in [0.1, 0.15) is 38.5 Å². The van der Waals surface area contributed by atoms with Crippen molar-refractivity contribution >= 4 is 34.2 Å². The van der Waals surface area contributed by atoms with Gasteiger partial charge >= 0.3 is 5.97 Å². The molecule has 0 spiro atoms. The molecule has 6 rings (SSSR count). The predicted molar refractivity (Wildman–Crippen MR) is 154 cm³/mol. The number of aliphatic carboxylic acids is 1. The third kappa shape index (κ3) is 5.96. The molecule has 1 aliphatic carbocycles. The summed E-state index contributed by atoms with van der Waals surface area (Å²) >= 11 is 0.720. The summed E-state index contributed by atoms with van der Waals surface area (Å²) in [6, 6.07) is 5.70. The van der Waals surface area contributed by atoms with Gasteiger partial charge in [0.1, 0.15) is 18.1 Å². The fourth-order valence-electron chi connectivity index (χ4n) is 5.73. The van der Waals surface area contributed by atoms with Crippen LogP contribution in [0.4, 0.5) is 19.7 Å². The average Bonchev–Trinajstić information content (AvgIpc) is 3.73. The Balaban J connectivity index is 1.34. The molecule has 222 valence electrons. The molecule has 2 fully saturated rings. The molecule has 4 heterocycles. The number of halogens is 2. The Labute approximate surface area is 246 Å². The maximum absolute atomic E-state index is 15.7. The number of pyridine rings is 1. The van der Waals surface area contributed by atoms with E-state index in [1.807, 2.05) is 11.9 Å². The van der Waals surface area contributed by atoms with E-state index in [4.69, 9.17) is 9.47 Å². The van der Waals surface area contributed by atoms with Crippen molar-refractivity contribution in [1.29, 1.82) is 0 Å². The van der Waals surface area contributed by atoms with Crippen LogP contribution in [0, 0.1) is 22.8 Å². The van der Waals surface area contributed by atoms with Crippen molar-refractivity contribution in [1.82, 2.24) is 9.97 Å². The largest absolute Gasteiger partial charge is 0.488 e. The number of hydrogen-bond donors (Lipinski definition) is 1. The molecule has 1 saturated carbocycles. The second-order valence-corrected chi connectivity index (χ2v) is 12.1. The van der Waals surface area contributed by atoms with Gasteiger partial charge in [-0.05, 0) is 61.8 Å². The summed E-state index contributed by atoms with van der Waals surface area (Å²) < 4.78 is 41.5. The lowest BCUT2D eigenvalue weighted by Crippen LogP contribution is -2.40. The van der Waals surface area contributed by atoms with Crippen LogP contribution in [0.15, 0.2) is 30.5 Å². The minimum Gasteiger partial charge on any atom is -0.488 e. The number of aromatic nitrogens is 2. The summed E-state index contributed by atoms with van der Waals surface area (Å²) in [6.07, 6.45) is 4.73. The number of benzene rings is 1. The molecule has 12 heteroatoms. The molecule has 2 aromatic heterocycles. The fourth-order valence-corrected chi connectivity index (χ4v) is 6.61. The Morgan fingerprint density at radius 2 is 1.93 bits per heavy atom. The predicted octanol–water partition coefficient (Wildman–Crippen LogP) is 5.38. The smallest absolute Gasteiger partial charge is 0.304 e. The Morgan fingerprint density at radius 1 is 1.14 bits per heavy atom. The second-order valence-electron chi connectivity index (χ2n) is 11.2. The maximum Gasteiger partial charge on any atom is 0.304 e. The van der Waals surface area contributed by atoms with E-state index < -0.39 is 22.8 Å². The van der Waals surface area contributed by atoms with Crippen LogP contribution < -0.4 is 14.5 Å². The van der Waals surface area contributed by atoms with E-state index >= 15 is 4.39 Å². The number of fused-ring (bicyclic) bond motifs is 1. The SMILES string of the molecule is CN1CCOc2cc(-c3ccc(F)cc3-c3nc(N(C(=O)C(CC(=O)O)CC4CCOCC4)C4CC4)sc3F)cnc21. The zero-order chi connectivity index (χ0) is 29.4. The lowest BCUT2D eigenvalue weighted by atomic mass is 9.86. The zero-order valence-electron chi connectivity index (χ0n) is 23.2. The van der Waals surface area contributed by atoms with E-state index in [2.05, 4.69) is 9.97 Å². The van der Waals surface area contributed by atoms with Crippen molar-refractivity contribution < 1.29 is 33.0 Å². The Kier molecular flexibility index (Phi) is 8.09. The van der Waals surface area contributed by atoms with Crippen molar-refractivity contribution in [2.75, 3.05) is 43.2 Å². The van der Waals surface area contributed by atoms with Crippen LogP contribution in [-0.2, 0) is 14.3 Å². The first-order chi connectivity index (χ1) is 20.3. The number of nitrogens with zero attached hydrogens (tertiary/aromatic N) is 4. The van der Waals surface area contributed by atoms with Gasteiger partial charge in [-0.15, -0.1) is 0 Å². The van der Waals surface area contributed by atoms with Gasteiger partial charge in [-0.3, -0.25) is 14.5 Å². The zero-order valence-corrected chi connectivity index (χ0v) is 24.0. The minimum absolute atomic E-state index is 0.0714. The van der Waals surface area contributed by atoms with Gasteiger partial charge in [0.2, 0.25) is 11.0 Å². The van der Waals surface area contributed by atoms with Crippen LogP contribution in [0.2, 0.25) is 0 Å². The normalized spacial score (nSPS) is 17.8. The third-order valence-corrected chi connectivity index (χ3v) is 8.93. The summed E-state index contributed by atoms with van der Waals surface area (Å²) in [5.74, 6) is -1.28. The van der Waals surface area contributed by atoms with Crippen molar-refractivity contribution in [2.24, 2.45) is 11.8 Å². The van der Waals surface area contributed by atoms with Crippen molar-refractivity contribution in [3.63, 3.8) is 0 Å². The topological polar surface area (TPSA) is 105 Å². The molecule has 0 bridgehead atoms. The number of anilines is 2. The molecule has 1 saturated heterocycles. The standard InChI is InChI=1S/C30H32F2N4O5S/c1-35-8-11-41-24-13-19(16-33-28(24)35)22-5-2-20(31)15-23(22)26-27(32)42-30(34-26)36(21-3-4-21)29(39)18(14-25(37)38)12-17-6-9-40-10-7-17/h2,5,13,15-18,21H,3-4,6-12,14H2,1H3,(H,37,38). The highest BCUT2D eigenvalue weighted by molar-refractivity contribution is 7.14. The Bertz CT molecular complexity index is 1490. The van der Waals surface area contributed by atoms with Crippen molar-refractivity contribution in [3.05, 3.63) is 41.4 Å². The first kappa shape index (κ1) is 28.5. The van der Waals surface area contributed by atoms with Gasteiger partial charge in [-0.25, -0.2) is 14.4 Å². The molecule has 1 aromatic carbocycles. The van der Waals surface area contributed by atoms with Gasteiger partial charge in [0.05, 0.1) is 13.0 Å². The number of rotatable bonds is 9. The van der Waals surface area contributed by atoms with Crippen LogP contribution in [0.3, 0.4) is 0 Å². The number of carboxylic acids is 1. The Morgan fingerprint density at radius 3 is 2.67 bits per heavy atom. The van der Waals surface area contributed by atoms with Crippen LogP contribution in [0.5, 0.6) is 5.75 Å². The van der Waals surface area contributed by atoms with E-state index in [1.54, 1.807) is 18.3 Å². The minimum atomic E-state index is -1.06. The molecule has 1 unspecified atom stereocenters. The van der Waals surface area contributed by atoms with Crippen molar-refractivity contribution in [2.45, 2.75) is 44.6 Å². The molecular formula is C30H32F2N4O5S. The highest BCUT2D eigenvalue weighted by atomic mass is 32.1. The molecule has 42 heavy (non-hydrogen) atoms. The number of amides is 1. The van der Waals surface area contributed by atoms with E-state index in [-0.39, 0.29) is 40.7 Å². The highest BCUT2D eigenvalue weighted by Crippen LogP contribution is 2.43. The number of hydrogen-bond acceptors (Lipinski definition) is 8. The van der Waals surface area contributed by atoms with E-state index in [0.717, 1.165) is 37.0 Å². The average molecular weight is 599 g/mol. The summed E-state index contributed by atoms with van der Waals surface area (Å²) in [5, 5.41) is 9.10. The van der Waals surface area contributed by atoms with Crippen molar-refractivity contribution in [3.8, 4) is 28.1 Å². The number of likely N-dealkylation sites (N-methyl/N-ethyl adjacent to an activating group) is 1. The summed E-state index contributed by atoms with van der Waals surface area (Å²) in [6.45, 7) is 2.37. The maximum atomic E-state index is 15.7. The molecular weight excluding hydrogens is 566 g/mol. The Hall–Kier alpha value is -3.64. The number of carboxylic acid groups (broad SMARTS) is 1. The molecule has 3 aliphatic rings. The number of thiazole rings is 1. The van der Waals surface area contributed by atoms with Gasteiger partial charge in [-0.2, -0.15) is 4.39 Å². The molecule has 1 amide bonds. The highest BCUT2D eigenvalue weighted by Gasteiger charge is 2.40. The molecule has 0 radical (unpaired) electrons. The summed E-state index contributed by atoms with van der Waals surface area (Å²) in [5.41, 5.74) is 1.29. The lowest BCUT2D eigenvalue weighted by molar-refractivity contribution is -0.141. The van der Waals surface area contributed by atoms with Gasteiger partial charge in [0.15, 0.2) is 16.7 Å². The summed E-state index contributed by atoms with van der Waals surface area (Å²) in [4.78, 5) is 38.2. The van der Waals surface area contributed by atoms with Crippen LogP contribution in [0.25, 0.3) is 22.4 Å². The number of ether oxygens (including phenoxy) is 2. The van der Waals surface area contributed by atoms with Gasteiger partial charge < -0.3 is 19.5 Å². The summed E-state index contributed by atoms with van der Waals surface area (Å²) in [7, 11) is 1.92. The number of carbonyl (C=O) groups excluding carboxylic acids is 1. The quantitative estimate of drug-likeness (QED) is 0.350. The first-order valence-electron chi connectivity index (χ1n) is 14.2. The third-order valence-electron chi connectivity index (χ3n) is 8.09. The number of carbonyl (C=O) groups is 2. The van der Waals surface area contributed by atoms with E-state index in [0.29, 0.717) is 55.5 Å². The monoisotopic (exact) mass is 598 g/mol. The van der Waals surface area contributed by atoms with E-state index in [1.165, 1.54) is 17.0 Å². The van der Waals surface area contributed by atoms with Crippen LogP contribution >= 0.6 is 11.3 Å². The molecule has 9 nitrogen and oxygen atoms in total. The lowest BCUT2D eigenvalue weighted by Gasteiger charge is -2.29. The van der Waals surface area contributed by atoms with Gasteiger partial charge in [0.25, 0.3) is 0 Å². The van der Waals surface area contributed by atoms with Gasteiger partial charge in [0, 0.05) is 49.5 Å². The first-order valence-corrected chi connectivity index (χ1v) is 15.0. The van der Waals surface area contributed by atoms with Crippen LogP contribution in [-0.4, -0.2) is 66.4 Å². The molecule has 3 aromatic rings.